The van der Waals surface area contributed by atoms with Gasteiger partial charge in [-0.3, -0.25) is 0 Å². The SMILES string of the molecule is FC(F)(F)CCN1c2ccccc2N(Cc2cccc(OC(F)(F)F)c2)C[C@H]1c1ccc2c(c1)OCCO2. The summed E-state index contributed by atoms with van der Waals surface area (Å²) in [5.74, 6) is 0.749. The van der Waals surface area contributed by atoms with Gasteiger partial charge in [0.2, 0.25) is 0 Å². The van der Waals surface area contributed by atoms with Crippen LogP contribution < -0.4 is 24.0 Å². The first-order valence-electron chi connectivity index (χ1n) is 12.0. The van der Waals surface area contributed by atoms with Crippen LogP contribution in [0.25, 0.3) is 0 Å². The van der Waals surface area contributed by atoms with E-state index in [1.165, 1.54) is 18.2 Å². The molecule has 0 amide bonds. The number of alkyl halides is 6. The van der Waals surface area contributed by atoms with Gasteiger partial charge in [0.15, 0.2) is 11.5 Å². The van der Waals surface area contributed by atoms with Crippen LogP contribution in [0.5, 0.6) is 17.2 Å². The highest BCUT2D eigenvalue weighted by Gasteiger charge is 2.36. The molecule has 202 valence electrons. The maximum atomic E-state index is 13.3. The van der Waals surface area contributed by atoms with Crippen molar-refractivity contribution < 1.29 is 40.6 Å². The van der Waals surface area contributed by atoms with Gasteiger partial charge in [-0.25, -0.2) is 0 Å². The molecule has 0 aromatic heterocycles. The monoisotopic (exact) mass is 538 g/mol. The Morgan fingerprint density at radius 2 is 1.55 bits per heavy atom. The molecule has 5 nitrogen and oxygen atoms in total. The van der Waals surface area contributed by atoms with Gasteiger partial charge in [-0.15, -0.1) is 13.2 Å². The third kappa shape index (κ3) is 6.03. The molecule has 0 unspecified atom stereocenters. The number of para-hydroxylation sites is 2. The molecule has 11 heteroatoms. The summed E-state index contributed by atoms with van der Waals surface area (Å²) in [4.78, 5) is 3.68. The van der Waals surface area contributed by atoms with E-state index in [0.29, 0.717) is 48.2 Å². The molecule has 1 atom stereocenters. The Morgan fingerprint density at radius 3 is 2.29 bits per heavy atom. The summed E-state index contributed by atoms with van der Waals surface area (Å²) in [5.41, 5.74) is 2.59. The minimum absolute atomic E-state index is 0.222. The molecule has 0 N–H and O–H groups in total. The molecular weight excluding hydrogens is 514 g/mol. The van der Waals surface area contributed by atoms with Crippen LogP contribution in [0.1, 0.15) is 23.6 Å². The van der Waals surface area contributed by atoms with Crippen molar-refractivity contribution in [3.8, 4) is 17.2 Å². The lowest BCUT2D eigenvalue weighted by atomic mass is 9.98. The van der Waals surface area contributed by atoms with Crippen LogP contribution in [0.4, 0.5) is 37.7 Å². The van der Waals surface area contributed by atoms with Crippen LogP contribution in [-0.4, -0.2) is 38.8 Å². The van der Waals surface area contributed by atoms with Crippen molar-refractivity contribution in [1.82, 2.24) is 0 Å². The zero-order chi connectivity index (χ0) is 26.9. The summed E-state index contributed by atoms with van der Waals surface area (Å²) in [5, 5.41) is 0. The van der Waals surface area contributed by atoms with Crippen molar-refractivity contribution in [2.45, 2.75) is 31.5 Å². The van der Waals surface area contributed by atoms with E-state index in [2.05, 4.69) is 4.74 Å². The van der Waals surface area contributed by atoms with E-state index in [0.717, 1.165) is 5.56 Å². The highest BCUT2D eigenvalue weighted by atomic mass is 19.4. The maximum Gasteiger partial charge on any atom is 0.573 e. The molecule has 2 aliphatic rings. The van der Waals surface area contributed by atoms with Crippen molar-refractivity contribution >= 4 is 11.4 Å². The van der Waals surface area contributed by atoms with Crippen LogP contribution in [0.15, 0.2) is 66.7 Å². The fraction of sp³-hybridized carbons (Fsp3) is 0.333. The first-order valence-corrected chi connectivity index (χ1v) is 12.0. The molecule has 0 fully saturated rings. The molecule has 3 aromatic rings. The quantitative estimate of drug-likeness (QED) is 0.320. The topological polar surface area (TPSA) is 34.2 Å². The summed E-state index contributed by atoms with van der Waals surface area (Å²) in [6, 6.07) is 17.6. The number of ether oxygens (including phenoxy) is 3. The van der Waals surface area contributed by atoms with Crippen LogP contribution in [0.2, 0.25) is 0 Å². The predicted octanol–water partition coefficient (Wildman–Crippen LogP) is 6.88. The lowest BCUT2D eigenvalue weighted by Crippen LogP contribution is -2.44. The summed E-state index contributed by atoms with van der Waals surface area (Å²) < 4.78 is 93.5. The second kappa shape index (κ2) is 10.2. The zero-order valence-corrected chi connectivity index (χ0v) is 20.1. The minimum Gasteiger partial charge on any atom is -0.486 e. The second-order valence-corrected chi connectivity index (χ2v) is 9.04. The molecule has 0 spiro atoms. The second-order valence-electron chi connectivity index (χ2n) is 9.04. The number of hydrogen-bond donors (Lipinski definition) is 0. The zero-order valence-electron chi connectivity index (χ0n) is 20.1. The van der Waals surface area contributed by atoms with Crippen molar-refractivity contribution in [2.24, 2.45) is 0 Å². The summed E-state index contributed by atoms with van der Waals surface area (Å²) >= 11 is 0. The van der Waals surface area contributed by atoms with Crippen molar-refractivity contribution in [2.75, 3.05) is 36.1 Å². The maximum absolute atomic E-state index is 13.3. The standard InChI is InChI=1S/C27H24F6N2O3/c28-26(29,30)10-11-35-22-7-2-1-6-21(22)34(16-18-4-3-5-20(14-18)38-27(31,32)33)17-23(35)19-8-9-24-25(15-19)37-13-12-36-24/h1-9,14-15,23H,10-13,16-17H2/t23-/m0/s1. The largest absolute Gasteiger partial charge is 0.573 e. The Kier molecular flexibility index (Phi) is 6.93. The Morgan fingerprint density at radius 1 is 0.816 bits per heavy atom. The van der Waals surface area contributed by atoms with E-state index in [1.54, 1.807) is 47.4 Å². The normalized spacial score (nSPS) is 17.3. The predicted molar refractivity (Wildman–Crippen MR) is 129 cm³/mol. The van der Waals surface area contributed by atoms with Gasteiger partial charge in [0, 0.05) is 19.6 Å². The average molecular weight is 538 g/mol. The fourth-order valence-corrected chi connectivity index (χ4v) is 4.84. The number of halogens is 6. The molecule has 3 aromatic carbocycles. The van der Waals surface area contributed by atoms with E-state index < -0.39 is 25.0 Å². The lowest BCUT2D eigenvalue weighted by Gasteiger charge is -2.45. The molecule has 0 radical (unpaired) electrons. The number of hydrogen-bond acceptors (Lipinski definition) is 5. The summed E-state index contributed by atoms with van der Waals surface area (Å²) in [7, 11) is 0. The van der Waals surface area contributed by atoms with Gasteiger partial charge in [0.05, 0.1) is 23.8 Å². The number of nitrogens with zero attached hydrogens (tertiary/aromatic N) is 2. The molecule has 2 aliphatic heterocycles. The third-order valence-electron chi connectivity index (χ3n) is 6.39. The first kappa shape index (κ1) is 25.9. The number of rotatable bonds is 6. The van der Waals surface area contributed by atoms with Crippen molar-refractivity contribution in [3.63, 3.8) is 0 Å². The van der Waals surface area contributed by atoms with E-state index in [1.807, 2.05) is 11.0 Å². The number of fused-ring (bicyclic) bond motifs is 2. The van der Waals surface area contributed by atoms with E-state index in [4.69, 9.17) is 9.47 Å². The van der Waals surface area contributed by atoms with Gasteiger partial charge in [-0.2, -0.15) is 13.2 Å². The van der Waals surface area contributed by atoms with Gasteiger partial charge in [-0.05, 0) is 47.5 Å². The lowest BCUT2D eigenvalue weighted by molar-refractivity contribution is -0.274. The Labute approximate surface area is 215 Å². The molecule has 2 heterocycles. The van der Waals surface area contributed by atoms with Gasteiger partial charge >= 0.3 is 12.5 Å². The van der Waals surface area contributed by atoms with Crippen LogP contribution in [-0.2, 0) is 6.54 Å². The van der Waals surface area contributed by atoms with Gasteiger partial charge < -0.3 is 24.0 Å². The number of benzene rings is 3. The fourth-order valence-electron chi connectivity index (χ4n) is 4.84. The van der Waals surface area contributed by atoms with Gasteiger partial charge in [0.1, 0.15) is 19.0 Å². The highest BCUT2D eigenvalue weighted by molar-refractivity contribution is 5.75. The van der Waals surface area contributed by atoms with Gasteiger partial charge in [0.25, 0.3) is 0 Å². The van der Waals surface area contributed by atoms with Crippen molar-refractivity contribution in [1.29, 1.82) is 0 Å². The molecule has 5 rings (SSSR count). The molecule has 0 bridgehead atoms. The average Bonchev–Trinajstić information content (AvgIpc) is 2.86. The van der Waals surface area contributed by atoms with E-state index >= 15 is 0 Å². The van der Waals surface area contributed by atoms with Crippen molar-refractivity contribution in [3.05, 3.63) is 77.9 Å². The van der Waals surface area contributed by atoms with E-state index in [-0.39, 0.29) is 18.8 Å². The van der Waals surface area contributed by atoms with Crippen LogP contribution >= 0.6 is 0 Å². The molecule has 0 saturated heterocycles. The smallest absolute Gasteiger partial charge is 0.486 e. The Hall–Kier alpha value is -3.76. The third-order valence-corrected chi connectivity index (χ3v) is 6.39. The van der Waals surface area contributed by atoms with Crippen LogP contribution in [0.3, 0.4) is 0 Å². The van der Waals surface area contributed by atoms with Crippen LogP contribution in [0, 0.1) is 0 Å². The minimum atomic E-state index is -4.82. The molecule has 38 heavy (non-hydrogen) atoms. The number of anilines is 2. The van der Waals surface area contributed by atoms with Gasteiger partial charge in [-0.1, -0.05) is 30.3 Å². The molecule has 0 aliphatic carbocycles. The summed E-state index contributed by atoms with van der Waals surface area (Å²) in [6.07, 6.45) is -10.2. The first-order chi connectivity index (χ1) is 18.1. The van der Waals surface area contributed by atoms with E-state index in [9.17, 15) is 26.3 Å². The Balaban J connectivity index is 1.51. The molecular formula is C27H24F6N2O3. The Bertz CT molecular complexity index is 1280. The highest BCUT2D eigenvalue weighted by Crippen LogP contribution is 2.44. The summed E-state index contributed by atoms with van der Waals surface area (Å²) in [6.45, 7) is 1.03. The molecule has 0 saturated carbocycles.